The minimum Gasteiger partial charge on any atom is -0.355 e. The summed E-state index contributed by atoms with van der Waals surface area (Å²) in [5.74, 6) is 0.966. The van der Waals surface area contributed by atoms with Gasteiger partial charge in [-0.15, -0.1) is 11.3 Å². The summed E-state index contributed by atoms with van der Waals surface area (Å²) < 4.78 is 5.53. The number of rotatable bonds is 5. The summed E-state index contributed by atoms with van der Waals surface area (Å²) in [5.41, 5.74) is 1.59. The zero-order chi connectivity index (χ0) is 19.0. The average Bonchev–Trinajstić information content (AvgIpc) is 3.14. The van der Waals surface area contributed by atoms with E-state index in [1.54, 1.807) is 11.3 Å². The molecule has 0 bridgehead atoms. The second-order valence-electron chi connectivity index (χ2n) is 7.56. The summed E-state index contributed by atoms with van der Waals surface area (Å²) in [6, 6.07) is 10.1. The van der Waals surface area contributed by atoms with Gasteiger partial charge in [0.2, 0.25) is 5.91 Å². The molecule has 7 heteroatoms. The molecule has 6 nitrogen and oxygen atoms in total. The van der Waals surface area contributed by atoms with Crippen LogP contribution in [0.2, 0.25) is 0 Å². The topological polar surface area (TPSA) is 62.5 Å². The first-order valence-electron chi connectivity index (χ1n) is 9.66. The van der Waals surface area contributed by atoms with E-state index in [4.69, 9.17) is 4.52 Å². The first-order valence-corrected chi connectivity index (χ1v) is 10.5. The maximum Gasteiger partial charge on any atom is 0.235 e. The average molecular weight is 395 g/mol. The fraction of sp³-hybridized carbons (Fsp3) is 0.381. The van der Waals surface area contributed by atoms with Crippen molar-refractivity contribution in [3.63, 3.8) is 0 Å². The van der Waals surface area contributed by atoms with E-state index in [1.807, 2.05) is 53.0 Å². The van der Waals surface area contributed by atoms with Gasteiger partial charge in [0.1, 0.15) is 0 Å². The van der Waals surface area contributed by atoms with Crippen molar-refractivity contribution in [2.24, 2.45) is 0 Å². The number of nitrogens with zero attached hydrogens (tertiary/aromatic N) is 4. The molecule has 0 N–H and O–H groups in total. The fourth-order valence-corrected chi connectivity index (χ4v) is 4.57. The van der Waals surface area contributed by atoms with Crippen LogP contribution in [0.25, 0.3) is 10.6 Å². The number of thiophene rings is 1. The second-order valence-corrected chi connectivity index (χ2v) is 8.51. The highest BCUT2D eigenvalue weighted by atomic mass is 32.1. The SMILES string of the molecule is O=C(N1CCN(Cc2ccncc2)CC1)C1(c2cc(-c3cccs3)on2)CC1. The smallest absolute Gasteiger partial charge is 0.235 e. The maximum atomic E-state index is 13.3. The molecule has 1 amide bonds. The Morgan fingerprint density at radius 1 is 1.14 bits per heavy atom. The third kappa shape index (κ3) is 3.25. The Hall–Kier alpha value is -2.51. The predicted molar refractivity (Wildman–Crippen MR) is 107 cm³/mol. The third-order valence-corrected chi connectivity index (χ3v) is 6.62. The molecule has 28 heavy (non-hydrogen) atoms. The first kappa shape index (κ1) is 17.6. The number of carbonyl (C=O) groups is 1. The van der Waals surface area contributed by atoms with Crippen LogP contribution >= 0.6 is 11.3 Å². The zero-order valence-electron chi connectivity index (χ0n) is 15.6. The first-order chi connectivity index (χ1) is 13.7. The molecule has 1 saturated heterocycles. The Kier molecular flexibility index (Phi) is 4.49. The quantitative estimate of drug-likeness (QED) is 0.665. The minimum atomic E-state index is -0.466. The molecule has 1 aliphatic carbocycles. The van der Waals surface area contributed by atoms with Crippen molar-refractivity contribution in [3.8, 4) is 10.6 Å². The van der Waals surface area contributed by atoms with Crippen molar-refractivity contribution in [2.75, 3.05) is 26.2 Å². The van der Waals surface area contributed by atoms with Gasteiger partial charge >= 0.3 is 0 Å². The van der Waals surface area contributed by atoms with Crippen molar-refractivity contribution in [3.05, 3.63) is 59.4 Å². The monoisotopic (exact) mass is 394 g/mol. The number of aromatic nitrogens is 2. The van der Waals surface area contributed by atoms with Gasteiger partial charge in [-0.05, 0) is 42.0 Å². The van der Waals surface area contributed by atoms with E-state index in [-0.39, 0.29) is 5.91 Å². The van der Waals surface area contributed by atoms with Crippen LogP contribution in [0.5, 0.6) is 0 Å². The normalized spacial score (nSPS) is 18.9. The number of hydrogen-bond donors (Lipinski definition) is 0. The summed E-state index contributed by atoms with van der Waals surface area (Å²) in [6.07, 6.45) is 5.38. The standard InChI is InChI=1S/C21H22N4O2S/c26-20(25-11-9-24(10-12-25)15-16-3-7-22-8-4-16)21(5-6-21)19-14-17(27-23-19)18-2-1-13-28-18/h1-4,7-8,13-14H,5-6,9-12,15H2. The lowest BCUT2D eigenvalue weighted by Gasteiger charge is -2.36. The molecule has 1 aliphatic heterocycles. The highest BCUT2D eigenvalue weighted by Gasteiger charge is 2.55. The third-order valence-electron chi connectivity index (χ3n) is 5.74. The lowest BCUT2D eigenvalue weighted by Crippen LogP contribution is -2.51. The van der Waals surface area contributed by atoms with Crippen molar-refractivity contribution in [1.29, 1.82) is 0 Å². The van der Waals surface area contributed by atoms with Crippen LogP contribution in [0.3, 0.4) is 0 Å². The minimum absolute atomic E-state index is 0.210. The van der Waals surface area contributed by atoms with E-state index in [9.17, 15) is 4.79 Å². The summed E-state index contributed by atoms with van der Waals surface area (Å²) >= 11 is 1.62. The highest BCUT2D eigenvalue weighted by Crippen LogP contribution is 2.50. The molecule has 144 valence electrons. The highest BCUT2D eigenvalue weighted by molar-refractivity contribution is 7.13. The maximum absolute atomic E-state index is 13.3. The van der Waals surface area contributed by atoms with Gasteiger partial charge in [0.05, 0.1) is 16.0 Å². The number of amides is 1. The number of pyridine rings is 1. The summed E-state index contributed by atoms with van der Waals surface area (Å²) in [7, 11) is 0. The van der Waals surface area contributed by atoms with E-state index >= 15 is 0 Å². The Labute approximate surface area is 167 Å². The van der Waals surface area contributed by atoms with Gasteiger partial charge in [0.25, 0.3) is 0 Å². The molecular weight excluding hydrogens is 372 g/mol. The zero-order valence-corrected chi connectivity index (χ0v) is 16.4. The lowest BCUT2D eigenvalue weighted by atomic mass is 9.99. The van der Waals surface area contributed by atoms with Crippen LogP contribution < -0.4 is 0 Å². The molecule has 0 radical (unpaired) electrons. The summed E-state index contributed by atoms with van der Waals surface area (Å²) in [4.78, 5) is 22.8. The Morgan fingerprint density at radius 2 is 1.93 bits per heavy atom. The van der Waals surface area contributed by atoms with E-state index in [0.717, 1.165) is 61.9 Å². The molecule has 0 unspecified atom stereocenters. The van der Waals surface area contributed by atoms with Gasteiger partial charge in [0, 0.05) is 51.2 Å². The largest absolute Gasteiger partial charge is 0.355 e. The van der Waals surface area contributed by atoms with Crippen molar-refractivity contribution in [1.82, 2.24) is 19.9 Å². The van der Waals surface area contributed by atoms with Crippen LogP contribution in [0.4, 0.5) is 0 Å². The van der Waals surface area contributed by atoms with E-state index in [0.29, 0.717) is 0 Å². The van der Waals surface area contributed by atoms with Gasteiger partial charge in [-0.1, -0.05) is 11.2 Å². The van der Waals surface area contributed by atoms with Gasteiger partial charge in [0.15, 0.2) is 5.76 Å². The number of piperazine rings is 1. The van der Waals surface area contributed by atoms with Crippen LogP contribution in [0.15, 0.2) is 52.6 Å². The molecular formula is C21H22N4O2S. The van der Waals surface area contributed by atoms with Crippen LogP contribution in [-0.4, -0.2) is 52.0 Å². The second kappa shape index (κ2) is 7.14. The number of hydrogen-bond acceptors (Lipinski definition) is 6. The van der Waals surface area contributed by atoms with Crippen molar-refractivity contribution in [2.45, 2.75) is 24.8 Å². The molecule has 3 aromatic heterocycles. The van der Waals surface area contributed by atoms with Gasteiger partial charge in [-0.3, -0.25) is 14.7 Å². The molecule has 2 aliphatic rings. The van der Waals surface area contributed by atoms with E-state index in [1.165, 1.54) is 5.56 Å². The van der Waals surface area contributed by atoms with Gasteiger partial charge in [-0.25, -0.2) is 0 Å². The molecule has 2 fully saturated rings. The summed E-state index contributed by atoms with van der Waals surface area (Å²) in [6.45, 7) is 4.22. The Morgan fingerprint density at radius 3 is 2.61 bits per heavy atom. The lowest BCUT2D eigenvalue weighted by molar-refractivity contribution is -0.136. The van der Waals surface area contributed by atoms with Gasteiger partial charge < -0.3 is 9.42 Å². The van der Waals surface area contributed by atoms with Crippen LogP contribution in [0.1, 0.15) is 24.1 Å². The predicted octanol–water partition coefficient (Wildman–Crippen LogP) is 3.17. The van der Waals surface area contributed by atoms with E-state index < -0.39 is 5.41 Å². The van der Waals surface area contributed by atoms with E-state index in [2.05, 4.69) is 15.0 Å². The molecule has 0 spiro atoms. The molecule has 0 aromatic carbocycles. The Balaban J connectivity index is 1.23. The van der Waals surface area contributed by atoms with Crippen molar-refractivity contribution < 1.29 is 9.32 Å². The molecule has 0 atom stereocenters. The summed E-state index contributed by atoms with van der Waals surface area (Å²) in [5, 5.41) is 6.28. The molecule has 3 aromatic rings. The number of carbonyl (C=O) groups excluding carboxylic acids is 1. The molecule has 1 saturated carbocycles. The fourth-order valence-electron chi connectivity index (χ4n) is 3.90. The van der Waals surface area contributed by atoms with Gasteiger partial charge in [-0.2, -0.15) is 0 Å². The Bertz CT molecular complexity index is 942. The van der Waals surface area contributed by atoms with Crippen molar-refractivity contribution >= 4 is 17.2 Å². The molecule has 5 rings (SSSR count). The molecule has 4 heterocycles. The van der Waals surface area contributed by atoms with Crippen LogP contribution in [-0.2, 0) is 16.8 Å². The van der Waals surface area contributed by atoms with Crippen LogP contribution in [0, 0.1) is 0 Å².